The van der Waals surface area contributed by atoms with Crippen molar-refractivity contribution in [3.05, 3.63) is 45.2 Å². The maximum Gasteiger partial charge on any atom is 0.261 e. The van der Waals surface area contributed by atoms with Gasteiger partial charge in [-0.1, -0.05) is 17.7 Å². The fourth-order valence-electron chi connectivity index (χ4n) is 2.28. The Morgan fingerprint density at radius 1 is 1.33 bits per heavy atom. The van der Waals surface area contributed by atoms with Crippen molar-refractivity contribution < 1.29 is 9.18 Å². The van der Waals surface area contributed by atoms with Crippen LogP contribution in [0.5, 0.6) is 0 Å². The molecule has 0 aliphatic heterocycles. The zero-order chi connectivity index (χ0) is 14.1. The summed E-state index contributed by atoms with van der Waals surface area (Å²) in [4.78, 5) is 17.7. The molecular weight excluding hydrogens is 334 g/mol. The van der Waals surface area contributed by atoms with Gasteiger partial charge in [0, 0.05) is 4.88 Å². The van der Waals surface area contributed by atoms with Crippen molar-refractivity contribution in [2.24, 2.45) is 0 Å². The van der Waals surface area contributed by atoms with Crippen molar-refractivity contribution >= 4 is 46.4 Å². The van der Waals surface area contributed by atoms with Crippen molar-refractivity contribution in [2.75, 3.05) is 5.32 Å². The lowest BCUT2D eigenvalue weighted by Crippen LogP contribution is -2.14. The van der Waals surface area contributed by atoms with E-state index < -0.39 is 11.7 Å². The number of hydrogen-bond acceptors (Lipinski definition) is 3. The molecule has 0 saturated heterocycles. The van der Waals surface area contributed by atoms with Gasteiger partial charge in [-0.25, -0.2) is 9.37 Å². The van der Waals surface area contributed by atoms with Crippen LogP contribution in [0.1, 0.15) is 33.8 Å². The lowest BCUT2D eigenvalue weighted by atomic mass is 10.0. The monoisotopic (exact) mass is 346 g/mol. The second-order valence-corrected chi connectivity index (χ2v) is 6.14. The Bertz CT molecular complexity index is 631. The molecule has 1 N–H and O–H groups in total. The summed E-state index contributed by atoms with van der Waals surface area (Å²) in [5, 5.41) is 3.26. The quantitative estimate of drug-likeness (QED) is 0.870. The van der Waals surface area contributed by atoms with E-state index in [0.717, 1.165) is 31.4 Å². The Labute approximate surface area is 137 Å². The minimum absolute atomic E-state index is 0. The summed E-state index contributed by atoms with van der Waals surface area (Å²) in [6.45, 7) is 0. The standard InChI is InChI=1S/C14H12ClFN2OS.ClH/c15-8-4-3-5-9(16)12(8)13(19)18-14-17-10-6-1-2-7-11(10)20-14;/h3-5H,1-2,6-7H2,(H,17,18,19);1H. The van der Waals surface area contributed by atoms with Gasteiger partial charge in [0.1, 0.15) is 5.82 Å². The van der Waals surface area contributed by atoms with Gasteiger partial charge >= 0.3 is 0 Å². The molecule has 1 aromatic heterocycles. The number of fused-ring (bicyclic) bond motifs is 1. The van der Waals surface area contributed by atoms with E-state index in [4.69, 9.17) is 11.6 Å². The fourth-order valence-corrected chi connectivity index (χ4v) is 3.57. The van der Waals surface area contributed by atoms with Crippen LogP contribution in [0.15, 0.2) is 18.2 Å². The molecule has 1 heterocycles. The summed E-state index contributed by atoms with van der Waals surface area (Å²) < 4.78 is 13.7. The van der Waals surface area contributed by atoms with Crippen LogP contribution in [-0.2, 0) is 12.8 Å². The highest BCUT2D eigenvalue weighted by Crippen LogP contribution is 2.30. The minimum Gasteiger partial charge on any atom is -0.298 e. The van der Waals surface area contributed by atoms with Crippen LogP contribution in [0.2, 0.25) is 5.02 Å². The molecule has 112 valence electrons. The predicted octanol–water partition coefficient (Wildman–Crippen LogP) is 4.49. The predicted molar refractivity (Wildman–Crippen MR) is 85.4 cm³/mol. The van der Waals surface area contributed by atoms with Gasteiger partial charge in [0.15, 0.2) is 5.13 Å². The molecule has 0 radical (unpaired) electrons. The van der Waals surface area contributed by atoms with Gasteiger partial charge in [-0.05, 0) is 37.8 Å². The third-order valence-electron chi connectivity index (χ3n) is 3.26. The lowest BCUT2D eigenvalue weighted by molar-refractivity contribution is 0.102. The van der Waals surface area contributed by atoms with Crippen LogP contribution in [0, 0.1) is 5.82 Å². The molecule has 2 aromatic rings. The third-order valence-corrected chi connectivity index (χ3v) is 4.64. The number of thiazole rings is 1. The Morgan fingerprint density at radius 2 is 2.10 bits per heavy atom. The van der Waals surface area contributed by atoms with Crippen LogP contribution >= 0.6 is 35.3 Å². The van der Waals surface area contributed by atoms with E-state index in [9.17, 15) is 9.18 Å². The van der Waals surface area contributed by atoms with Gasteiger partial charge in [0.05, 0.1) is 16.3 Å². The highest BCUT2D eigenvalue weighted by Gasteiger charge is 2.19. The fraction of sp³-hybridized carbons (Fsp3) is 0.286. The van der Waals surface area contributed by atoms with Gasteiger partial charge in [0.2, 0.25) is 0 Å². The minimum atomic E-state index is -0.628. The molecule has 0 saturated carbocycles. The second-order valence-electron chi connectivity index (χ2n) is 4.65. The number of nitrogens with zero attached hydrogens (tertiary/aromatic N) is 1. The molecule has 1 aromatic carbocycles. The summed E-state index contributed by atoms with van der Waals surface area (Å²) in [6.07, 6.45) is 4.23. The van der Waals surface area contributed by atoms with Gasteiger partial charge in [-0.15, -0.1) is 23.7 Å². The Hall–Kier alpha value is -1.17. The highest BCUT2D eigenvalue weighted by molar-refractivity contribution is 7.15. The van der Waals surface area contributed by atoms with Crippen molar-refractivity contribution in [2.45, 2.75) is 25.7 Å². The smallest absolute Gasteiger partial charge is 0.261 e. The number of benzene rings is 1. The van der Waals surface area contributed by atoms with E-state index in [-0.39, 0.29) is 23.0 Å². The average molecular weight is 347 g/mol. The highest BCUT2D eigenvalue weighted by atomic mass is 35.5. The van der Waals surface area contributed by atoms with Crippen LogP contribution < -0.4 is 5.32 Å². The number of aryl methyl sites for hydroxylation is 2. The van der Waals surface area contributed by atoms with Crippen molar-refractivity contribution in [3.63, 3.8) is 0 Å². The Balaban J connectivity index is 0.00000161. The molecule has 0 spiro atoms. The number of amides is 1. The maximum atomic E-state index is 13.7. The van der Waals surface area contributed by atoms with E-state index in [0.29, 0.717) is 5.13 Å². The molecule has 1 amide bonds. The van der Waals surface area contributed by atoms with E-state index in [1.54, 1.807) is 0 Å². The summed E-state index contributed by atoms with van der Waals surface area (Å²) in [7, 11) is 0. The molecule has 0 fully saturated rings. The number of carbonyl (C=O) groups is 1. The number of halogens is 3. The van der Waals surface area contributed by atoms with Crippen LogP contribution in [0.4, 0.5) is 9.52 Å². The van der Waals surface area contributed by atoms with E-state index in [1.807, 2.05) is 0 Å². The Kier molecular flexibility index (Phi) is 5.19. The zero-order valence-corrected chi connectivity index (χ0v) is 13.4. The number of hydrogen-bond donors (Lipinski definition) is 1. The molecule has 1 aliphatic carbocycles. The molecule has 0 bridgehead atoms. The largest absolute Gasteiger partial charge is 0.298 e. The first-order valence-electron chi connectivity index (χ1n) is 6.39. The SMILES string of the molecule is Cl.O=C(Nc1nc2c(s1)CCCC2)c1c(F)cccc1Cl. The first-order valence-corrected chi connectivity index (χ1v) is 7.58. The number of carbonyl (C=O) groups excluding carboxylic acids is 1. The van der Waals surface area contributed by atoms with Crippen LogP contribution in [0.3, 0.4) is 0 Å². The molecule has 0 atom stereocenters. The first kappa shape index (κ1) is 16.2. The van der Waals surface area contributed by atoms with Gasteiger partial charge in [0.25, 0.3) is 5.91 Å². The van der Waals surface area contributed by atoms with Crippen molar-refractivity contribution in [3.8, 4) is 0 Å². The molecular formula is C14H13Cl2FN2OS. The first-order chi connectivity index (χ1) is 9.65. The molecule has 3 nitrogen and oxygen atoms in total. The maximum absolute atomic E-state index is 13.7. The van der Waals surface area contributed by atoms with Crippen molar-refractivity contribution in [1.29, 1.82) is 0 Å². The van der Waals surface area contributed by atoms with Crippen LogP contribution in [0.25, 0.3) is 0 Å². The number of nitrogens with one attached hydrogen (secondary N) is 1. The third kappa shape index (κ3) is 3.36. The van der Waals surface area contributed by atoms with Gasteiger partial charge < -0.3 is 0 Å². The van der Waals surface area contributed by atoms with E-state index in [2.05, 4.69) is 10.3 Å². The summed E-state index contributed by atoms with van der Waals surface area (Å²) >= 11 is 7.34. The number of anilines is 1. The summed E-state index contributed by atoms with van der Waals surface area (Å²) in [6, 6.07) is 4.18. The average Bonchev–Trinajstić information content (AvgIpc) is 2.80. The molecule has 3 rings (SSSR count). The lowest BCUT2D eigenvalue weighted by Gasteiger charge is -2.06. The van der Waals surface area contributed by atoms with Crippen LogP contribution in [-0.4, -0.2) is 10.9 Å². The van der Waals surface area contributed by atoms with E-state index >= 15 is 0 Å². The number of rotatable bonds is 2. The molecule has 0 unspecified atom stereocenters. The Morgan fingerprint density at radius 3 is 2.81 bits per heavy atom. The molecule has 21 heavy (non-hydrogen) atoms. The second kappa shape index (κ2) is 6.73. The van der Waals surface area contributed by atoms with Gasteiger partial charge in [-0.3, -0.25) is 10.1 Å². The molecule has 7 heteroatoms. The van der Waals surface area contributed by atoms with E-state index in [1.165, 1.54) is 34.4 Å². The summed E-state index contributed by atoms with van der Waals surface area (Å²) in [5.74, 6) is -1.18. The topological polar surface area (TPSA) is 42.0 Å². The van der Waals surface area contributed by atoms with Crippen molar-refractivity contribution in [1.82, 2.24) is 4.98 Å². The summed E-state index contributed by atoms with van der Waals surface area (Å²) in [5.41, 5.74) is 0.915. The molecule has 1 aliphatic rings. The normalized spacial score (nSPS) is 13.2. The zero-order valence-electron chi connectivity index (χ0n) is 11.0. The number of aromatic nitrogens is 1. The van der Waals surface area contributed by atoms with Gasteiger partial charge in [-0.2, -0.15) is 0 Å².